The van der Waals surface area contributed by atoms with E-state index in [1.54, 1.807) is 28.2 Å². The van der Waals surface area contributed by atoms with Gasteiger partial charge in [0.2, 0.25) is 0 Å². The Bertz CT molecular complexity index is 1470. The van der Waals surface area contributed by atoms with Gasteiger partial charge in [0.15, 0.2) is 10.3 Å². The van der Waals surface area contributed by atoms with E-state index in [-0.39, 0.29) is 5.56 Å². The molecule has 164 valence electrons. The smallest absolute Gasteiger partial charge is 0.267 e. The van der Waals surface area contributed by atoms with Crippen molar-refractivity contribution in [1.29, 1.82) is 0 Å². The van der Waals surface area contributed by atoms with E-state index in [1.165, 1.54) is 17.3 Å². The number of anilines is 2. The van der Waals surface area contributed by atoms with E-state index in [2.05, 4.69) is 29.4 Å². The van der Waals surface area contributed by atoms with Crippen LogP contribution in [0.5, 0.6) is 0 Å². The first kappa shape index (κ1) is 21.4. The maximum atomic E-state index is 13.3. The van der Waals surface area contributed by atoms with Gasteiger partial charge >= 0.3 is 0 Å². The third kappa shape index (κ3) is 4.67. The number of aryl methyl sites for hydroxylation is 2. The molecule has 1 N–H and O–H groups in total. The van der Waals surface area contributed by atoms with E-state index >= 15 is 0 Å². The zero-order valence-corrected chi connectivity index (χ0v) is 19.8. The van der Waals surface area contributed by atoms with Gasteiger partial charge in [0.1, 0.15) is 5.82 Å². The molecule has 0 atom stereocenters. The van der Waals surface area contributed by atoms with Crippen LogP contribution in [0.1, 0.15) is 16.8 Å². The highest BCUT2D eigenvalue weighted by molar-refractivity contribution is 7.98. The largest absolute Gasteiger partial charge is 0.332 e. The fourth-order valence-corrected chi connectivity index (χ4v) is 5.06. The van der Waals surface area contributed by atoms with Crippen LogP contribution in [-0.2, 0) is 5.75 Å². The van der Waals surface area contributed by atoms with Crippen LogP contribution in [0.15, 0.2) is 82.2 Å². The van der Waals surface area contributed by atoms with Crippen molar-refractivity contribution in [3.8, 4) is 5.82 Å². The molecule has 0 amide bonds. The average molecular weight is 472 g/mol. The minimum Gasteiger partial charge on any atom is -0.332 e. The summed E-state index contributed by atoms with van der Waals surface area (Å²) >= 11 is 3.03. The van der Waals surface area contributed by atoms with Crippen molar-refractivity contribution >= 4 is 44.8 Å². The number of benzene rings is 2. The number of nitrogens with zero attached hydrogens (tertiary/aromatic N) is 4. The van der Waals surface area contributed by atoms with E-state index in [4.69, 9.17) is 9.97 Å². The van der Waals surface area contributed by atoms with E-state index < -0.39 is 0 Å². The van der Waals surface area contributed by atoms with Crippen LogP contribution in [0, 0.1) is 13.8 Å². The first-order valence-corrected chi connectivity index (χ1v) is 12.3. The molecule has 6 nitrogen and oxygen atoms in total. The summed E-state index contributed by atoms with van der Waals surface area (Å²) in [6.07, 6.45) is 1.76. The second kappa shape index (κ2) is 9.17. The van der Waals surface area contributed by atoms with Gasteiger partial charge in [0.05, 0.1) is 16.6 Å². The first-order valence-electron chi connectivity index (χ1n) is 10.4. The maximum Gasteiger partial charge on any atom is 0.267 e. The predicted octanol–water partition coefficient (Wildman–Crippen LogP) is 5.89. The van der Waals surface area contributed by atoms with Gasteiger partial charge in [0, 0.05) is 23.0 Å². The second-order valence-corrected chi connectivity index (χ2v) is 9.47. The summed E-state index contributed by atoms with van der Waals surface area (Å²) in [6, 6.07) is 19.4. The lowest BCUT2D eigenvalue weighted by Gasteiger charge is -2.12. The monoisotopic (exact) mass is 471 g/mol. The van der Waals surface area contributed by atoms with Gasteiger partial charge in [0.25, 0.3) is 5.56 Å². The number of para-hydroxylation sites is 1. The van der Waals surface area contributed by atoms with Gasteiger partial charge < -0.3 is 5.32 Å². The Balaban J connectivity index is 1.43. The lowest BCUT2D eigenvalue weighted by molar-refractivity contribution is 0.794. The number of thiazole rings is 1. The van der Waals surface area contributed by atoms with Crippen LogP contribution < -0.4 is 10.9 Å². The number of thioether (sulfide) groups is 1. The molecule has 0 fully saturated rings. The fraction of sp³-hybridized carbons (Fsp3) is 0.120. The Morgan fingerprint density at radius 3 is 2.55 bits per heavy atom. The van der Waals surface area contributed by atoms with E-state index in [1.807, 2.05) is 54.8 Å². The van der Waals surface area contributed by atoms with Crippen LogP contribution in [0.2, 0.25) is 0 Å². The molecule has 3 aromatic heterocycles. The normalized spacial score (nSPS) is 11.1. The minimum atomic E-state index is -0.126. The van der Waals surface area contributed by atoms with Gasteiger partial charge in [-0.05, 0) is 49.7 Å². The first-order chi connectivity index (χ1) is 16.1. The third-order valence-corrected chi connectivity index (χ3v) is 6.85. The SMILES string of the molecule is Cc1ccc(Nc2nc(CSc3nc4ccccc4c(=O)n3-c3ccc(C)cn3)cs2)cc1. The molecule has 0 unspecified atom stereocenters. The molecule has 5 rings (SSSR count). The van der Waals surface area contributed by atoms with Gasteiger partial charge in [-0.25, -0.2) is 19.5 Å². The zero-order valence-electron chi connectivity index (χ0n) is 18.1. The van der Waals surface area contributed by atoms with E-state index in [0.717, 1.165) is 22.1 Å². The second-order valence-electron chi connectivity index (χ2n) is 7.67. The molecule has 0 aliphatic heterocycles. The predicted molar refractivity (Wildman–Crippen MR) is 136 cm³/mol. The van der Waals surface area contributed by atoms with Crippen molar-refractivity contribution in [2.24, 2.45) is 0 Å². The molecule has 0 spiro atoms. The Morgan fingerprint density at radius 2 is 1.76 bits per heavy atom. The van der Waals surface area contributed by atoms with Crippen LogP contribution in [0.4, 0.5) is 10.8 Å². The molecule has 0 aliphatic rings. The Labute approximate surface area is 199 Å². The van der Waals surface area contributed by atoms with Crippen molar-refractivity contribution in [2.45, 2.75) is 24.8 Å². The van der Waals surface area contributed by atoms with Gasteiger partial charge in [-0.3, -0.25) is 4.79 Å². The molecular formula is C25H21N5OS2. The van der Waals surface area contributed by atoms with E-state index in [0.29, 0.717) is 27.6 Å². The summed E-state index contributed by atoms with van der Waals surface area (Å²) in [7, 11) is 0. The van der Waals surface area contributed by atoms with Gasteiger partial charge in [-0.1, -0.05) is 47.7 Å². The lowest BCUT2D eigenvalue weighted by atomic mass is 10.2. The summed E-state index contributed by atoms with van der Waals surface area (Å²) in [4.78, 5) is 27.3. The van der Waals surface area contributed by atoms with E-state index in [9.17, 15) is 4.79 Å². The lowest BCUT2D eigenvalue weighted by Crippen LogP contribution is -2.22. The van der Waals surface area contributed by atoms with Gasteiger partial charge in [-0.15, -0.1) is 11.3 Å². The number of pyridine rings is 1. The number of aromatic nitrogens is 4. The molecule has 0 aliphatic carbocycles. The number of rotatable bonds is 6. The molecule has 0 radical (unpaired) electrons. The van der Waals surface area contributed by atoms with Crippen LogP contribution in [0.25, 0.3) is 16.7 Å². The summed E-state index contributed by atoms with van der Waals surface area (Å²) in [5, 5.41) is 7.37. The standard InChI is InChI=1S/C25H21N5OS2/c1-16-7-10-18(11-8-16)27-24-28-19(14-32-24)15-33-25-29-21-6-4-3-5-20(21)23(31)30(25)22-12-9-17(2)13-26-22/h3-14H,15H2,1-2H3,(H,27,28). The van der Waals surface area contributed by atoms with Crippen LogP contribution in [-0.4, -0.2) is 19.5 Å². The van der Waals surface area contributed by atoms with Crippen molar-refractivity contribution in [3.05, 3.63) is 99.4 Å². The summed E-state index contributed by atoms with van der Waals surface area (Å²) in [5.74, 6) is 1.15. The number of nitrogens with one attached hydrogen (secondary N) is 1. The van der Waals surface area contributed by atoms with Crippen molar-refractivity contribution < 1.29 is 0 Å². The third-order valence-electron chi connectivity index (χ3n) is 5.07. The summed E-state index contributed by atoms with van der Waals surface area (Å²) in [5.41, 5.74) is 4.72. The fourth-order valence-electron chi connectivity index (χ4n) is 3.33. The van der Waals surface area contributed by atoms with Crippen molar-refractivity contribution in [1.82, 2.24) is 19.5 Å². The van der Waals surface area contributed by atoms with Crippen molar-refractivity contribution in [2.75, 3.05) is 5.32 Å². The molecule has 0 saturated carbocycles. The molecule has 33 heavy (non-hydrogen) atoms. The number of hydrogen-bond donors (Lipinski definition) is 1. The minimum absolute atomic E-state index is 0.126. The Kier molecular flexibility index (Phi) is 5.93. The highest BCUT2D eigenvalue weighted by Gasteiger charge is 2.15. The molecular weight excluding hydrogens is 450 g/mol. The molecule has 0 saturated heterocycles. The van der Waals surface area contributed by atoms with Crippen molar-refractivity contribution in [3.63, 3.8) is 0 Å². The number of fused-ring (bicyclic) bond motifs is 1. The van der Waals surface area contributed by atoms with Gasteiger partial charge in [-0.2, -0.15) is 0 Å². The topological polar surface area (TPSA) is 72.7 Å². The Hall–Kier alpha value is -3.49. The molecule has 5 aromatic rings. The quantitative estimate of drug-likeness (QED) is 0.246. The highest BCUT2D eigenvalue weighted by Crippen LogP contribution is 2.27. The van der Waals surface area contributed by atoms with Crippen LogP contribution >= 0.6 is 23.1 Å². The summed E-state index contributed by atoms with van der Waals surface area (Å²) in [6.45, 7) is 4.04. The summed E-state index contributed by atoms with van der Waals surface area (Å²) < 4.78 is 1.59. The molecule has 8 heteroatoms. The average Bonchev–Trinajstić information content (AvgIpc) is 3.27. The molecule has 3 heterocycles. The zero-order chi connectivity index (χ0) is 22.8. The maximum absolute atomic E-state index is 13.3. The molecule has 0 bridgehead atoms. The molecule has 2 aromatic carbocycles. The Morgan fingerprint density at radius 1 is 0.970 bits per heavy atom. The van der Waals surface area contributed by atoms with Crippen LogP contribution in [0.3, 0.4) is 0 Å². The highest BCUT2D eigenvalue weighted by atomic mass is 32.2. The number of hydrogen-bond acceptors (Lipinski definition) is 7.